The Morgan fingerprint density at radius 2 is 1.84 bits per heavy atom. The number of nitrogens with zero attached hydrogens (tertiary/aromatic N) is 2. The first-order valence-electron chi connectivity index (χ1n) is 11.8. The molecule has 3 unspecified atom stereocenters. The smallest absolute Gasteiger partial charge is 0.308 e. The van der Waals surface area contributed by atoms with Crippen molar-refractivity contribution in [1.29, 1.82) is 0 Å². The molecule has 1 saturated heterocycles. The van der Waals surface area contributed by atoms with E-state index in [1.165, 1.54) is 35.1 Å². The lowest BCUT2D eigenvalue weighted by Gasteiger charge is -2.29. The lowest BCUT2D eigenvalue weighted by atomic mass is 9.87. The van der Waals surface area contributed by atoms with Gasteiger partial charge in [-0.1, -0.05) is 35.2 Å². The zero-order valence-corrected chi connectivity index (χ0v) is 21.6. The fraction of sp³-hybridized carbons (Fsp3) is 0.185. The summed E-state index contributed by atoms with van der Waals surface area (Å²) in [5.74, 6) is -2.86. The number of carbonyl (C=O) groups excluding carboxylic acids is 3. The number of hydrogen-bond acceptors (Lipinski definition) is 7. The summed E-state index contributed by atoms with van der Waals surface area (Å²) in [6, 6.07) is 15.9. The van der Waals surface area contributed by atoms with E-state index in [0.29, 0.717) is 21.4 Å². The Kier molecular flexibility index (Phi) is 6.04. The molecule has 0 aliphatic carbocycles. The molecular formula is C27H20FN3O5S2. The lowest BCUT2D eigenvalue weighted by Crippen LogP contribution is -2.32. The summed E-state index contributed by atoms with van der Waals surface area (Å²) >= 11 is 2.05. The van der Waals surface area contributed by atoms with E-state index in [4.69, 9.17) is 4.42 Å². The monoisotopic (exact) mass is 549 g/mol. The molecule has 8 nitrogen and oxygen atoms in total. The van der Waals surface area contributed by atoms with E-state index < -0.39 is 40.6 Å². The van der Waals surface area contributed by atoms with Crippen LogP contribution in [0, 0.1) is 18.7 Å². The van der Waals surface area contributed by atoms with Gasteiger partial charge >= 0.3 is 4.87 Å². The van der Waals surface area contributed by atoms with Crippen LogP contribution < -0.4 is 15.1 Å². The molecule has 0 bridgehead atoms. The number of aryl methyl sites for hydroxylation is 1. The Bertz CT molecular complexity index is 1630. The van der Waals surface area contributed by atoms with Crippen molar-refractivity contribution < 1.29 is 23.2 Å². The molecule has 38 heavy (non-hydrogen) atoms. The minimum Gasteiger partial charge on any atom is -0.469 e. The van der Waals surface area contributed by atoms with Gasteiger partial charge in [-0.3, -0.25) is 23.7 Å². The van der Waals surface area contributed by atoms with E-state index in [1.54, 1.807) is 18.2 Å². The maximum absolute atomic E-state index is 13.7. The van der Waals surface area contributed by atoms with E-state index in [0.717, 1.165) is 33.6 Å². The highest BCUT2D eigenvalue weighted by Gasteiger charge is 2.57. The van der Waals surface area contributed by atoms with E-state index in [2.05, 4.69) is 5.32 Å². The first kappa shape index (κ1) is 24.4. The summed E-state index contributed by atoms with van der Waals surface area (Å²) in [6.07, 6.45) is 1.47. The predicted molar refractivity (Wildman–Crippen MR) is 141 cm³/mol. The highest BCUT2D eigenvalue weighted by molar-refractivity contribution is 8.00. The lowest BCUT2D eigenvalue weighted by molar-refractivity contribution is -0.122. The van der Waals surface area contributed by atoms with Crippen LogP contribution in [-0.2, 0) is 20.9 Å². The fourth-order valence-corrected chi connectivity index (χ4v) is 7.69. The van der Waals surface area contributed by atoms with E-state index in [1.807, 2.05) is 25.1 Å². The first-order valence-corrected chi connectivity index (χ1v) is 13.4. The van der Waals surface area contributed by atoms with Crippen LogP contribution in [0.4, 0.5) is 15.8 Å². The average molecular weight is 550 g/mol. The van der Waals surface area contributed by atoms with Crippen LogP contribution in [0.5, 0.6) is 0 Å². The number of thiazole rings is 1. The fourth-order valence-electron chi connectivity index (χ4n) is 4.94. The summed E-state index contributed by atoms with van der Waals surface area (Å²) in [5.41, 5.74) is 1.86. The van der Waals surface area contributed by atoms with Crippen molar-refractivity contribution in [3.05, 3.63) is 98.6 Å². The van der Waals surface area contributed by atoms with Crippen LogP contribution in [0.15, 0.2) is 81.2 Å². The molecule has 192 valence electrons. The van der Waals surface area contributed by atoms with Gasteiger partial charge in [-0.2, -0.15) is 0 Å². The van der Waals surface area contributed by atoms with Gasteiger partial charge in [-0.15, -0.1) is 0 Å². The number of thioether (sulfide) groups is 1. The van der Waals surface area contributed by atoms with E-state index in [-0.39, 0.29) is 17.1 Å². The van der Waals surface area contributed by atoms with Gasteiger partial charge in [0.1, 0.15) is 23.4 Å². The number of imide groups is 1. The third-order valence-corrected chi connectivity index (χ3v) is 9.19. The number of amides is 3. The Morgan fingerprint density at radius 3 is 2.55 bits per heavy atom. The molecule has 4 aromatic rings. The van der Waals surface area contributed by atoms with Crippen molar-refractivity contribution in [2.24, 2.45) is 5.92 Å². The second-order valence-electron chi connectivity index (χ2n) is 9.09. The molecule has 0 radical (unpaired) electrons. The molecule has 2 aliphatic rings. The highest BCUT2D eigenvalue weighted by atomic mass is 32.2. The summed E-state index contributed by atoms with van der Waals surface area (Å²) in [5, 5.41) is 2.42. The molecule has 2 aromatic heterocycles. The number of rotatable bonds is 5. The van der Waals surface area contributed by atoms with Crippen molar-refractivity contribution in [2.45, 2.75) is 29.7 Å². The topological polar surface area (TPSA) is 102 Å². The second-order valence-corrected chi connectivity index (χ2v) is 11.2. The minimum atomic E-state index is -0.852. The van der Waals surface area contributed by atoms with Gasteiger partial charge in [0, 0.05) is 5.69 Å². The molecular weight excluding hydrogens is 529 g/mol. The number of carbonyl (C=O) groups is 3. The number of halogens is 1. The Hall–Kier alpha value is -3.96. The maximum Gasteiger partial charge on any atom is 0.308 e. The van der Waals surface area contributed by atoms with Gasteiger partial charge in [-0.05, 0) is 61.0 Å². The molecule has 1 fully saturated rings. The maximum atomic E-state index is 13.7. The van der Waals surface area contributed by atoms with Gasteiger partial charge in [-0.25, -0.2) is 9.29 Å². The average Bonchev–Trinajstić information content (AvgIpc) is 3.58. The van der Waals surface area contributed by atoms with Crippen LogP contribution in [-0.4, -0.2) is 27.5 Å². The molecule has 2 aliphatic heterocycles. The quantitative estimate of drug-likeness (QED) is 0.371. The third kappa shape index (κ3) is 4.07. The van der Waals surface area contributed by atoms with Crippen LogP contribution in [0.3, 0.4) is 0 Å². The molecule has 1 N–H and O–H groups in total. The van der Waals surface area contributed by atoms with Crippen LogP contribution >= 0.6 is 23.1 Å². The molecule has 0 spiro atoms. The largest absolute Gasteiger partial charge is 0.469 e. The van der Waals surface area contributed by atoms with Gasteiger partial charge in [0.15, 0.2) is 0 Å². The molecule has 3 atom stereocenters. The van der Waals surface area contributed by atoms with Crippen LogP contribution in [0.1, 0.15) is 22.1 Å². The van der Waals surface area contributed by atoms with Gasteiger partial charge in [0.2, 0.25) is 17.7 Å². The zero-order valence-electron chi connectivity index (χ0n) is 19.9. The molecule has 2 aromatic carbocycles. The summed E-state index contributed by atoms with van der Waals surface area (Å²) in [7, 11) is 0. The Morgan fingerprint density at radius 1 is 1.05 bits per heavy atom. The number of furan rings is 1. The SMILES string of the molecule is Cc1cccc(NC(=O)Cn2c3c(sc2=O)C(c2ccco2)C2C(=O)N(c4ccc(F)cc4)C(=O)C2S3)c1. The van der Waals surface area contributed by atoms with Crippen LogP contribution in [0.25, 0.3) is 0 Å². The zero-order chi connectivity index (χ0) is 26.6. The van der Waals surface area contributed by atoms with Crippen molar-refractivity contribution >= 4 is 52.2 Å². The van der Waals surface area contributed by atoms with Gasteiger partial charge in [0.05, 0.1) is 33.7 Å². The number of hydrogen-bond donors (Lipinski definition) is 1. The van der Waals surface area contributed by atoms with Crippen molar-refractivity contribution in [3.63, 3.8) is 0 Å². The Balaban J connectivity index is 1.38. The number of benzene rings is 2. The van der Waals surface area contributed by atoms with Crippen molar-refractivity contribution in [3.8, 4) is 0 Å². The highest BCUT2D eigenvalue weighted by Crippen LogP contribution is 2.53. The van der Waals surface area contributed by atoms with Crippen molar-refractivity contribution in [1.82, 2.24) is 4.57 Å². The normalized spacial score (nSPS) is 20.4. The van der Waals surface area contributed by atoms with Gasteiger partial charge in [0.25, 0.3) is 0 Å². The van der Waals surface area contributed by atoms with E-state index in [9.17, 15) is 23.6 Å². The van der Waals surface area contributed by atoms with E-state index >= 15 is 0 Å². The van der Waals surface area contributed by atoms with Crippen LogP contribution in [0.2, 0.25) is 0 Å². The Labute approximate surface area is 224 Å². The summed E-state index contributed by atoms with van der Waals surface area (Å²) in [6.45, 7) is 1.66. The molecule has 6 rings (SSSR count). The standard InChI is InChI=1S/C27H20FN3O5S2/c1-14-4-2-5-16(12-14)29-19(32)13-30-26-23(38-27(30)35)20(18-6-3-11-36-18)21-22(37-26)25(34)31(24(21)33)17-9-7-15(28)8-10-17/h2-12,20-22H,13H2,1H3,(H,29,32). The van der Waals surface area contributed by atoms with Crippen molar-refractivity contribution in [2.75, 3.05) is 10.2 Å². The molecule has 3 amide bonds. The second kappa shape index (κ2) is 9.41. The number of fused-ring (bicyclic) bond motifs is 2. The number of anilines is 2. The molecule has 11 heteroatoms. The first-order chi connectivity index (χ1) is 18.3. The summed E-state index contributed by atoms with van der Waals surface area (Å²) < 4.78 is 20.5. The molecule has 4 heterocycles. The number of aromatic nitrogens is 1. The molecule has 0 saturated carbocycles. The third-order valence-electron chi connectivity index (χ3n) is 6.59. The minimum absolute atomic E-state index is 0.252. The van der Waals surface area contributed by atoms with Gasteiger partial charge < -0.3 is 9.73 Å². The number of nitrogens with one attached hydrogen (secondary N) is 1. The predicted octanol–water partition coefficient (Wildman–Crippen LogP) is 4.38. The summed E-state index contributed by atoms with van der Waals surface area (Å²) in [4.78, 5) is 54.5.